The van der Waals surface area contributed by atoms with Crippen molar-refractivity contribution in [1.29, 1.82) is 0 Å². The van der Waals surface area contributed by atoms with E-state index in [-0.39, 0.29) is 18.6 Å². The SMILES string of the molecule is C=C(CC(=O)OCC)C(=O)OCC.COC(=O)/C=C\C(=O)OC. The van der Waals surface area contributed by atoms with E-state index in [9.17, 15) is 19.2 Å². The third kappa shape index (κ3) is 14.1. The number of methoxy groups -OCH3 is 2. The van der Waals surface area contributed by atoms with Gasteiger partial charge in [0.2, 0.25) is 0 Å². The van der Waals surface area contributed by atoms with Gasteiger partial charge in [0.1, 0.15) is 0 Å². The highest BCUT2D eigenvalue weighted by molar-refractivity contribution is 5.93. The van der Waals surface area contributed by atoms with Crippen molar-refractivity contribution in [1.82, 2.24) is 0 Å². The molecule has 23 heavy (non-hydrogen) atoms. The summed E-state index contributed by atoms with van der Waals surface area (Å²) < 4.78 is 17.7. The molecule has 0 spiro atoms. The lowest BCUT2D eigenvalue weighted by molar-refractivity contribution is -0.145. The van der Waals surface area contributed by atoms with Gasteiger partial charge >= 0.3 is 23.9 Å². The molecule has 0 amide bonds. The first-order valence-electron chi connectivity index (χ1n) is 6.66. The fourth-order valence-corrected chi connectivity index (χ4v) is 0.964. The highest BCUT2D eigenvalue weighted by atomic mass is 16.5. The van der Waals surface area contributed by atoms with Crippen LogP contribution in [0.2, 0.25) is 0 Å². The lowest BCUT2D eigenvalue weighted by atomic mass is 10.2. The molecule has 0 saturated heterocycles. The molecular formula is C15H22O8. The van der Waals surface area contributed by atoms with Crippen LogP contribution in [0.3, 0.4) is 0 Å². The van der Waals surface area contributed by atoms with Crippen LogP contribution in [0.15, 0.2) is 24.3 Å². The van der Waals surface area contributed by atoms with Gasteiger partial charge in [-0.05, 0) is 13.8 Å². The van der Waals surface area contributed by atoms with Crippen molar-refractivity contribution >= 4 is 23.9 Å². The summed E-state index contributed by atoms with van der Waals surface area (Å²) in [5, 5.41) is 0. The molecule has 8 nitrogen and oxygen atoms in total. The van der Waals surface area contributed by atoms with Gasteiger partial charge in [-0.15, -0.1) is 0 Å². The Labute approximate surface area is 135 Å². The molecule has 0 atom stereocenters. The molecule has 0 saturated carbocycles. The van der Waals surface area contributed by atoms with Gasteiger partial charge in [-0.25, -0.2) is 14.4 Å². The molecule has 0 heterocycles. The van der Waals surface area contributed by atoms with Crippen LogP contribution in [0.25, 0.3) is 0 Å². The highest BCUT2D eigenvalue weighted by Crippen LogP contribution is 2.02. The number of carbonyl (C=O) groups is 4. The summed E-state index contributed by atoms with van der Waals surface area (Å²) in [7, 11) is 2.45. The number of rotatable bonds is 7. The Balaban J connectivity index is 0. The van der Waals surface area contributed by atoms with Gasteiger partial charge < -0.3 is 18.9 Å². The average Bonchev–Trinajstić information content (AvgIpc) is 2.53. The largest absolute Gasteiger partial charge is 0.466 e. The molecule has 0 aliphatic carbocycles. The van der Waals surface area contributed by atoms with Crippen molar-refractivity contribution in [3.05, 3.63) is 24.3 Å². The maximum Gasteiger partial charge on any atom is 0.333 e. The van der Waals surface area contributed by atoms with Crippen LogP contribution in [-0.2, 0) is 38.1 Å². The van der Waals surface area contributed by atoms with E-state index >= 15 is 0 Å². The van der Waals surface area contributed by atoms with Crippen molar-refractivity contribution in [3.63, 3.8) is 0 Å². The first-order chi connectivity index (χ1) is 10.8. The first-order valence-corrected chi connectivity index (χ1v) is 6.66. The van der Waals surface area contributed by atoms with Crippen LogP contribution >= 0.6 is 0 Å². The average molecular weight is 330 g/mol. The van der Waals surface area contributed by atoms with Gasteiger partial charge in [0.15, 0.2) is 0 Å². The Morgan fingerprint density at radius 2 is 1.30 bits per heavy atom. The minimum Gasteiger partial charge on any atom is -0.466 e. The molecule has 0 aliphatic rings. The monoisotopic (exact) mass is 330 g/mol. The molecule has 0 aromatic carbocycles. The van der Waals surface area contributed by atoms with E-state index in [4.69, 9.17) is 0 Å². The van der Waals surface area contributed by atoms with Crippen LogP contribution in [-0.4, -0.2) is 51.3 Å². The van der Waals surface area contributed by atoms with Gasteiger partial charge in [0, 0.05) is 17.7 Å². The molecule has 0 aromatic heterocycles. The topological polar surface area (TPSA) is 105 Å². The predicted octanol–water partition coefficient (Wildman–Crippen LogP) is 0.947. The number of hydrogen-bond acceptors (Lipinski definition) is 8. The Morgan fingerprint density at radius 1 is 0.870 bits per heavy atom. The summed E-state index contributed by atoms with van der Waals surface area (Å²) in [6.45, 7) is 7.39. The Morgan fingerprint density at radius 3 is 1.65 bits per heavy atom. The smallest absolute Gasteiger partial charge is 0.333 e. The summed E-state index contributed by atoms with van der Waals surface area (Å²) in [4.78, 5) is 42.5. The van der Waals surface area contributed by atoms with Crippen LogP contribution in [0.4, 0.5) is 0 Å². The van der Waals surface area contributed by atoms with Gasteiger partial charge in [0.05, 0.1) is 33.9 Å². The number of ether oxygens (including phenoxy) is 4. The molecule has 0 rings (SSSR count). The molecular weight excluding hydrogens is 308 g/mol. The third-order valence-corrected chi connectivity index (χ3v) is 1.99. The van der Waals surface area contributed by atoms with E-state index in [2.05, 4.69) is 25.5 Å². The third-order valence-electron chi connectivity index (χ3n) is 1.99. The van der Waals surface area contributed by atoms with Crippen molar-refractivity contribution in [2.75, 3.05) is 27.4 Å². The second-order valence-electron chi connectivity index (χ2n) is 3.69. The van der Waals surface area contributed by atoms with Gasteiger partial charge in [-0.2, -0.15) is 0 Å². The van der Waals surface area contributed by atoms with Crippen LogP contribution < -0.4 is 0 Å². The molecule has 0 radical (unpaired) electrons. The maximum atomic E-state index is 11.0. The van der Waals surface area contributed by atoms with E-state index in [0.717, 1.165) is 12.2 Å². The Hall–Kier alpha value is -2.64. The molecule has 0 unspecified atom stereocenters. The molecule has 8 heteroatoms. The van der Waals surface area contributed by atoms with E-state index in [1.807, 2.05) is 0 Å². The summed E-state index contributed by atoms with van der Waals surface area (Å²) in [6.07, 6.45) is 1.88. The second-order valence-corrected chi connectivity index (χ2v) is 3.69. The summed E-state index contributed by atoms with van der Waals surface area (Å²) >= 11 is 0. The van der Waals surface area contributed by atoms with E-state index < -0.39 is 23.9 Å². The van der Waals surface area contributed by atoms with Crippen molar-refractivity contribution in [3.8, 4) is 0 Å². The maximum absolute atomic E-state index is 11.0. The lowest BCUT2D eigenvalue weighted by Crippen LogP contribution is -2.12. The molecule has 130 valence electrons. The standard InChI is InChI=1S/C9H14O4.C6H8O4/c1-4-12-8(10)6-7(3)9(11)13-5-2;1-9-5(7)3-4-6(8)10-2/h3-6H2,1-2H3;3-4H,1-2H3/b;4-3-. The molecule has 0 N–H and O–H groups in total. The molecule has 0 fully saturated rings. The number of esters is 4. The van der Waals surface area contributed by atoms with E-state index in [0.29, 0.717) is 6.61 Å². The normalized spacial score (nSPS) is 9.22. The van der Waals surface area contributed by atoms with Crippen LogP contribution in [0.5, 0.6) is 0 Å². The summed E-state index contributed by atoms with van der Waals surface area (Å²) in [6, 6.07) is 0. The van der Waals surface area contributed by atoms with E-state index in [1.165, 1.54) is 14.2 Å². The minimum absolute atomic E-state index is 0.104. The summed E-state index contributed by atoms with van der Waals surface area (Å²) in [5.41, 5.74) is 0.125. The number of hydrogen-bond donors (Lipinski definition) is 0. The zero-order valence-corrected chi connectivity index (χ0v) is 13.7. The lowest BCUT2D eigenvalue weighted by Gasteiger charge is -2.04. The fraction of sp³-hybridized carbons (Fsp3) is 0.467. The zero-order valence-electron chi connectivity index (χ0n) is 13.7. The van der Waals surface area contributed by atoms with Crippen molar-refractivity contribution in [2.45, 2.75) is 20.3 Å². The predicted molar refractivity (Wildman–Crippen MR) is 80.2 cm³/mol. The fourth-order valence-electron chi connectivity index (χ4n) is 0.964. The molecule has 0 aromatic rings. The quantitative estimate of drug-likeness (QED) is 0.386. The minimum atomic E-state index is -0.578. The number of carbonyl (C=O) groups excluding carboxylic acids is 4. The van der Waals surface area contributed by atoms with Crippen LogP contribution in [0, 0.1) is 0 Å². The molecule has 0 aliphatic heterocycles. The first kappa shape index (κ1) is 22.6. The van der Waals surface area contributed by atoms with E-state index in [1.54, 1.807) is 13.8 Å². The Kier molecular flexibility index (Phi) is 14.1. The van der Waals surface area contributed by atoms with Gasteiger partial charge in [-0.3, -0.25) is 4.79 Å². The molecule has 0 bridgehead atoms. The zero-order chi connectivity index (χ0) is 18.3. The summed E-state index contributed by atoms with van der Waals surface area (Å²) in [5.74, 6) is -2.16. The van der Waals surface area contributed by atoms with Crippen molar-refractivity contribution < 1.29 is 38.1 Å². The van der Waals surface area contributed by atoms with Crippen molar-refractivity contribution in [2.24, 2.45) is 0 Å². The Bertz CT molecular complexity index is 432. The van der Waals surface area contributed by atoms with Gasteiger partial charge in [-0.1, -0.05) is 6.58 Å². The second kappa shape index (κ2) is 14.3. The van der Waals surface area contributed by atoms with Gasteiger partial charge in [0.25, 0.3) is 0 Å². The highest BCUT2D eigenvalue weighted by Gasteiger charge is 2.12. The van der Waals surface area contributed by atoms with Crippen LogP contribution in [0.1, 0.15) is 20.3 Å².